The molecule has 1 amide bonds. The number of carbonyl (C=O) groups excluding carboxylic acids is 1. The Balaban J connectivity index is 1.64. The van der Waals surface area contributed by atoms with E-state index in [0.717, 1.165) is 32.4 Å². The molecule has 0 radical (unpaired) electrons. The minimum absolute atomic E-state index is 0.118. The highest BCUT2D eigenvalue weighted by atomic mass is 16.5. The Morgan fingerprint density at radius 1 is 1.42 bits per heavy atom. The molecule has 0 saturated carbocycles. The normalized spacial score (nSPS) is 20.2. The maximum Gasteiger partial charge on any atom is 0.222 e. The lowest BCUT2D eigenvalue weighted by Gasteiger charge is -2.13. The van der Waals surface area contributed by atoms with Gasteiger partial charge in [-0.05, 0) is 30.7 Å². The Morgan fingerprint density at radius 2 is 2.21 bits per heavy atom. The summed E-state index contributed by atoms with van der Waals surface area (Å²) in [5.74, 6) is 0.594. The SMILES string of the molecule is CC(CCNC(=O)CC1CCCO1)c1ccccc1. The molecular weight excluding hydrogens is 238 g/mol. The van der Waals surface area contributed by atoms with Gasteiger partial charge in [-0.1, -0.05) is 37.3 Å². The highest BCUT2D eigenvalue weighted by Crippen LogP contribution is 2.18. The van der Waals surface area contributed by atoms with Crippen LogP contribution >= 0.6 is 0 Å². The summed E-state index contributed by atoms with van der Waals surface area (Å²) >= 11 is 0. The lowest BCUT2D eigenvalue weighted by atomic mass is 9.98. The lowest BCUT2D eigenvalue weighted by Crippen LogP contribution is -2.28. The standard InChI is InChI=1S/C16H23NO2/c1-13(14-6-3-2-4-7-14)9-10-17-16(18)12-15-8-5-11-19-15/h2-4,6-7,13,15H,5,8-12H2,1H3,(H,17,18). The maximum atomic E-state index is 11.7. The Bertz CT molecular complexity index is 385. The first-order valence-corrected chi connectivity index (χ1v) is 7.19. The molecule has 0 spiro atoms. The summed E-state index contributed by atoms with van der Waals surface area (Å²) in [7, 11) is 0. The van der Waals surface area contributed by atoms with Crippen molar-refractivity contribution in [2.75, 3.05) is 13.2 Å². The molecule has 1 aliphatic rings. The third kappa shape index (κ3) is 4.67. The van der Waals surface area contributed by atoms with E-state index < -0.39 is 0 Å². The first-order valence-electron chi connectivity index (χ1n) is 7.19. The zero-order valence-electron chi connectivity index (χ0n) is 11.6. The van der Waals surface area contributed by atoms with Gasteiger partial charge in [0.15, 0.2) is 0 Å². The number of amides is 1. The van der Waals surface area contributed by atoms with Crippen molar-refractivity contribution in [1.82, 2.24) is 5.32 Å². The summed E-state index contributed by atoms with van der Waals surface area (Å²) in [5.41, 5.74) is 1.33. The van der Waals surface area contributed by atoms with Crippen LogP contribution in [0, 0.1) is 0 Å². The number of hydrogen-bond donors (Lipinski definition) is 1. The van der Waals surface area contributed by atoms with Crippen molar-refractivity contribution in [1.29, 1.82) is 0 Å². The van der Waals surface area contributed by atoms with Gasteiger partial charge in [-0.2, -0.15) is 0 Å². The summed E-state index contributed by atoms with van der Waals surface area (Å²) in [6, 6.07) is 10.4. The molecule has 19 heavy (non-hydrogen) atoms. The number of ether oxygens (including phenoxy) is 1. The molecule has 0 aliphatic carbocycles. The predicted octanol–water partition coefficient (Wildman–Crippen LogP) is 2.87. The molecule has 1 aliphatic heterocycles. The first-order chi connectivity index (χ1) is 9.25. The van der Waals surface area contributed by atoms with Gasteiger partial charge >= 0.3 is 0 Å². The van der Waals surface area contributed by atoms with Crippen molar-refractivity contribution >= 4 is 5.91 Å². The number of carbonyl (C=O) groups is 1. The molecule has 3 heteroatoms. The van der Waals surface area contributed by atoms with Gasteiger partial charge in [0.1, 0.15) is 0 Å². The molecular formula is C16H23NO2. The smallest absolute Gasteiger partial charge is 0.222 e. The van der Waals surface area contributed by atoms with Crippen LogP contribution in [0.1, 0.15) is 44.1 Å². The molecule has 2 unspecified atom stereocenters. The van der Waals surface area contributed by atoms with E-state index in [1.807, 2.05) is 6.07 Å². The molecule has 0 aromatic heterocycles. The monoisotopic (exact) mass is 261 g/mol. The van der Waals surface area contributed by atoms with Crippen molar-refractivity contribution in [3.63, 3.8) is 0 Å². The molecule has 104 valence electrons. The number of benzene rings is 1. The second kappa shape index (κ2) is 7.29. The molecule has 2 rings (SSSR count). The van der Waals surface area contributed by atoms with E-state index >= 15 is 0 Å². The molecule has 1 fully saturated rings. The fourth-order valence-electron chi connectivity index (χ4n) is 2.46. The van der Waals surface area contributed by atoms with Crippen molar-refractivity contribution in [2.24, 2.45) is 0 Å². The second-order valence-electron chi connectivity index (χ2n) is 5.29. The van der Waals surface area contributed by atoms with E-state index in [-0.39, 0.29) is 12.0 Å². The summed E-state index contributed by atoms with van der Waals surface area (Å²) in [6.45, 7) is 3.74. The average Bonchev–Trinajstić information content (AvgIpc) is 2.92. The van der Waals surface area contributed by atoms with Crippen molar-refractivity contribution in [3.8, 4) is 0 Å². The van der Waals surface area contributed by atoms with E-state index in [9.17, 15) is 4.79 Å². The molecule has 3 nitrogen and oxygen atoms in total. The van der Waals surface area contributed by atoms with Gasteiger partial charge < -0.3 is 10.1 Å². The number of rotatable bonds is 6. The van der Waals surface area contributed by atoms with Crippen LogP contribution in [0.3, 0.4) is 0 Å². The van der Waals surface area contributed by atoms with E-state index in [0.29, 0.717) is 12.3 Å². The van der Waals surface area contributed by atoms with E-state index in [2.05, 4.69) is 36.5 Å². The topological polar surface area (TPSA) is 38.3 Å². The molecule has 1 saturated heterocycles. The van der Waals surface area contributed by atoms with Crippen LogP contribution in [0.15, 0.2) is 30.3 Å². The molecule has 1 aromatic rings. The molecule has 2 atom stereocenters. The van der Waals surface area contributed by atoms with Gasteiger partial charge in [0, 0.05) is 13.2 Å². The second-order valence-corrected chi connectivity index (χ2v) is 5.29. The van der Waals surface area contributed by atoms with Gasteiger partial charge in [0.05, 0.1) is 12.5 Å². The van der Waals surface area contributed by atoms with E-state index in [1.165, 1.54) is 5.56 Å². The number of hydrogen-bond acceptors (Lipinski definition) is 2. The fraction of sp³-hybridized carbons (Fsp3) is 0.562. The average molecular weight is 261 g/mol. The number of nitrogens with one attached hydrogen (secondary N) is 1. The predicted molar refractivity (Wildman–Crippen MR) is 76.1 cm³/mol. The molecule has 1 aromatic carbocycles. The van der Waals surface area contributed by atoms with Crippen LogP contribution in [-0.2, 0) is 9.53 Å². The third-order valence-electron chi connectivity index (χ3n) is 3.71. The van der Waals surface area contributed by atoms with Crippen LogP contribution in [0.4, 0.5) is 0 Å². The van der Waals surface area contributed by atoms with Gasteiger partial charge in [-0.3, -0.25) is 4.79 Å². The maximum absolute atomic E-state index is 11.7. The molecule has 0 bridgehead atoms. The highest BCUT2D eigenvalue weighted by Gasteiger charge is 2.18. The van der Waals surface area contributed by atoms with E-state index in [1.54, 1.807) is 0 Å². The summed E-state index contributed by atoms with van der Waals surface area (Å²) in [4.78, 5) is 11.7. The Labute approximate surface area is 115 Å². The van der Waals surface area contributed by atoms with Crippen LogP contribution in [0.5, 0.6) is 0 Å². The lowest BCUT2D eigenvalue weighted by molar-refractivity contribution is -0.123. The highest BCUT2D eigenvalue weighted by molar-refractivity contribution is 5.76. The van der Waals surface area contributed by atoms with Gasteiger partial charge in [-0.25, -0.2) is 0 Å². The largest absolute Gasteiger partial charge is 0.378 e. The Morgan fingerprint density at radius 3 is 2.89 bits per heavy atom. The van der Waals surface area contributed by atoms with E-state index in [4.69, 9.17) is 4.74 Å². The minimum atomic E-state index is 0.118. The van der Waals surface area contributed by atoms with Gasteiger partial charge in [0.25, 0.3) is 0 Å². The molecule has 1 heterocycles. The van der Waals surface area contributed by atoms with Crippen LogP contribution in [-0.4, -0.2) is 25.2 Å². The Hall–Kier alpha value is -1.35. The quantitative estimate of drug-likeness (QED) is 0.855. The first kappa shape index (κ1) is 14.1. The van der Waals surface area contributed by atoms with Crippen molar-refractivity contribution < 1.29 is 9.53 Å². The van der Waals surface area contributed by atoms with Crippen molar-refractivity contribution in [3.05, 3.63) is 35.9 Å². The minimum Gasteiger partial charge on any atom is -0.378 e. The third-order valence-corrected chi connectivity index (χ3v) is 3.71. The summed E-state index contributed by atoms with van der Waals surface area (Å²) in [5, 5.41) is 2.99. The van der Waals surface area contributed by atoms with Crippen LogP contribution in [0.25, 0.3) is 0 Å². The van der Waals surface area contributed by atoms with Crippen LogP contribution in [0.2, 0.25) is 0 Å². The fourth-order valence-corrected chi connectivity index (χ4v) is 2.46. The molecule has 1 N–H and O–H groups in total. The van der Waals surface area contributed by atoms with Gasteiger partial charge in [0.2, 0.25) is 5.91 Å². The van der Waals surface area contributed by atoms with Gasteiger partial charge in [-0.15, -0.1) is 0 Å². The van der Waals surface area contributed by atoms with Crippen LogP contribution < -0.4 is 5.32 Å². The zero-order chi connectivity index (χ0) is 13.5. The van der Waals surface area contributed by atoms with Crippen molar-refractivity contribution in [2.45, 2.75) is 44.6 Å². The Kier molecular flexibility index (Phi) is 5.40. The summed E-state index contributed by atoms with van der Waals surface area (Å²) in [6.07, 6.45) is 3.74. The zero-order valence-corrected chi connectivity index (χ0v) is 11.6. The summed E-state index contributed by atoms with van der Waals surface area (Å²) < 4.78 is 5.46.